The van der Waals surface area contributed by atoms with Gasteiger partial charge in [0, 0.05) is 0 Å². The van der Waals surface area contributed by atoms with Gasteiger partial charge < -0.3 is 0 Å². The molecule has 0 amide bonds. The summed E-state index contributed by atoms with van der Waals surface area (Å²) in [5, 5.41) is 0. The molecule has 0 fully saturated rings. The van der Waals surface area contributed by atoms with Crippen LogP contribution in [0.4, 0.5) is 0 Å². The second-order valence-corrected chi connectivity index (χ2v) is 8.06. The summed E-state index contributed by atoms with van der Waals surface area (Å²) in [7, 11) is 0. The molecule has 0 aromatic carbocycles. The van der Waals surface area contributed by atoms with Crippen LogP contribution in [0.5, 0.6) is 0 Å². The lowest BCUT2D eigenvalue weighted by molar-refractivity contribution is 0.669. The smallest absolute Gasteiger partial charge is 0.00676 e. The van der Waals surface area contributed by atoms with Gasteiger partial charge in [-0.25, -0.2) is 0 Å². The van der Waals surface area contributed by atoms with Crippen molar-refractivity contribution in [2.24, 2.45) is 0 Å². The largest absolute Gasteiger partial charge is 0.162 e. The molecule has 2 heteroatoms. The van der Waals surface area contributed by atoms with Crippen LogP contribution in [0, 0.1) is 0 Å². The van der Waals surface area contributed by atoms with E-state index in [2.05, 4.69) is 49.5 Å². The zero-order valence-corrected chi connectivity index (χ0v) is 15.5. The Morgan fingerprint density at radius 1 is 0.550 bits per heavy atom. The highest BCUT2D eigenvalue weighted by atomic mass is 32.2. The van der Waals surface area contributed by atoms with E-state index in [1.54, 1.807) is 0 Å². The van der Waals surface area contributed by atoms with Gasteiger partial charge in [-0.1, -0.05) is 51.7 Å². The summed E-state index contributed by atoms with van der Waals surface area (Å²) in [5.41, 5.74) is 0. The number of hydrogen-bond donors (Lipinski definition) is 0. The molecule has 0 aliphatic heterocycles. The van der Waals surface area contributed by atoms with Crippen molar-refractivity contribution in [2.75, 3.05) is 23.0 Å². The molecule has 0 radical (unpaired) electrons. The van der Waals surface area contributed by atoms with Crippen LogP contribution in [0.3, 0.4) is 0 Å². The average molecular weight is 317 g/mol. The second kappa shape index (κ2) is 19.4. The minimum atomic E-state index is 1.28. The van der Waals surface area contributed by atoms with Crippen LogP contribution in [0.2, 0.25) is 0 Å². The molecule has 0 bridgehead atoms. The molecule has 0 aliphatic rings. The summed E-state index contributed by atoms with van der Waals surface area (Å²) in [6, 6.07) is 0. The monoisotopic (exact) mass is 316 g/mol. The highest BCUT2D eigenvalue weighted by molar-refractivity contribution is 7.99. The van der Waals surface area contributed by atoms with Crippen LogP contribution in [-0.2, 0) is 0 Å². The van der Waals surface area contributed by atoms with E-state index in [1.807, 2.05) is 0 Å². The van der Waals surface area contributed by atoms with Crippen molar-refractivity contribution in [3.8, 4) is 0 Å². The lowest BCUT2D eigenvalue weighted by Crippen LogP contribution is -1.82. The van der Waals surface area contributed by atoms with Crippen molar-refractivity contribution in [1.29, 1.82) is 0 Å². The Bertz CT molecular complexity index is 170. The molecule has 0 atom stereocenters. The molecule has 0 N–H and O–H groups in total. The number of thioether (sulfide) groups is 2. The molecule has 0 rings (SSSR count). The van der Waals surface area contributed by atoms with Crippen LogP contribution in [-0.4, -0.2) is 23.0 Å². The first-order valence-corrected chi connectivity index (χ1v) is 11.0. The molecule has 0 aromatic heterocycles. The topological polar surface area (TPSA) is 0 Å². The quantitative estimate of drug-likeness (QED) is 0.223. The summed E-state index contributed by atoms with van der Waals surface area (Å²) in [5.74, 6) is 5.28. The number of hydrogen-bond acceptors (Lipinski definition) is 2. The standard InChI is InChI=1S/C18H36S2/c1-3-19-17-15-13-11-9-7-5-6-8-10-12-14-16-18-20-4-2/h5-6H,3-4,7-18H2,1-2H3/b6-5+. The SMILES string of the molecule is CCSCCCCCC/C=C/CCCCCCSCC. The molecule has 0 saturated heterocycles. The van der Waals surface area contributed by atoms with E-state index < -0.39 is 0 Å². The fourth-order valence-corrected chi connectivity index (χ4v) is 3.56. The van der Waals surface area contributed by atoms with Gasteiger partial charge in [-0.15, -0.1) is 0 Å². The van der Waals surface area contributed by atoms with Gasteiger partial charge in [-0.2, -0.15) is 23.5 Å². The fourth-order valence-electron chi connectivity index (χ4n) is 2.16. The zero-order chi connectivity index (χ0) is 14.7. The summed E-state index contributed by atoms with van der Waals surface area (Å²) >= 11 is 4.16. The number of allylic oxidation sites excluding steroid dienone is 2. The predicted octanol–water partition coefficient (Wildman–Crippen LogP) is 6.95. The van der Waals surface area contributed by atoms with Gasteiger partial charge >= 0.3 is 0 Å². The van der Waals surface area contributed by atoms with E-state index in [0.29, 0.717) is 0 Å². The molecule has 0 saturated carbocycles. The van der Waals surface area contributed by atoms with Crippen molar-refractivity contribution in [1.82, 2.24) is 0 Å². The van der Waals surface area contributed by atoms with Crippen LogP contribution in [0.15, 0.2) is 12.2 Å². The van der Waals surface area contributed by atoms with E-state index in [4.69, 9.17) is 0 Å². The summed E-state index contributed by atoms with van der Waals surface area (Å²) in [6.45, 7) is 4.50. The van der Waals surface area contributed by atoms with Gasteiger partial charge in [0.15, 0.2) is 0 Å². The van der Waals surface area contributed by atoms with Crippen molar-refractivity contribution >= 4 is 23.5 Å². The molecule has 0 unspecified atom stereocenters. The predicted molar refractivity (Wildman–Crippen MR) is 101 cm³/mol. The van der Waals surface area contributed by atoms with E-state index in [-0.39, 0.29) is 0 Å². The summed E-state index contributed by atoms with van der Waals surface area (Å²) in [4.78, 5) is 0. The van der Waals surface area contributed by atoms with Crippen LogP contribution in [0.1, 0.15) is 78.1 Å². The van der Waals surface area contributed by atoms with Gasteiger partial charge in [-0.05, 0) is 61.5 Å². The van der Waals surface area contributed by atoms with E-state index in [1.165, 1.54) is 87.2 Å². The number of unbranched alkanes of at least 4 members (excludes halogenated alkanes) is 8. The van der Waals surface area contributed by atoms with Gasteiger partial charge in [0.2, 0.25) is 0 Å². The minimum absolute atomic E-state index is 1.28. The van der Waals surface area contributed by atoms with Gasteiger partial charge in [0.25, 0.3) is 0 Å². The first-order valence-electron chi connectivity index (χ1n) is 8.72. The Kier molecular flexibility index (Phi) is 19.9. The average Bonchev–Trinajstić information content (AvgIpc) is 2.47. The maximum Gasteiger partial charge on any atom is -0.00676 e. The molecule has 0 nitrogen and oxygen atoms in total. The molecule has 0 heterocycles. The third-order valence-electron chi connectivity index (χ3n) is 3.39. The zero-order valence-electron chi connectivity index (χ0n) is 13.9. The lowest BCUT2D eigenvalue weighted by atomic mass is 10.1. The lowest BCUT2D eigenvalue weighted by Gasteiger charge is -2.00. The fraction of sp³-hybridized carbons (Fsp3) is 0.889. The Balaban J connectivity index is 3.01. The molecule has 0 spiro atoms. The Labute approximate surface area is 136 Å². The highest BCUT2D eigenvalue weighted by Gasteiger charge is 1.91. The molecular weight excluding hydrogens is 280 g/mol. The van der Waals surface area contributed by atoms with Crippen molar-refractivity contribution < 1.29 is 0 Å². The highest BCUT2D eigenvalue weighted by Crippen LogP contribution is 2.10. The van der Waals surface area contributed by atoms with E-state index in [0.717, 1.165) is 0 Å². The third-order valence-corrected chi connectivity index (χ3v) is 5.37. The minimum Gasteiger partial charge on any atom is -0.162 e. The second-order valence-electron chi connectivity index (χ2n) is 5.27. The number of rotatable bonds is 16. The van der Waals surface area contributed by atoms with E-state index in [9.17, 15) is 0 Å². The first kappa shape index (κ1) is 20.4. The Hall–Kier alpha value is 0.440. The van der Waals surface area contributed by atoms with Crippen molar-refractivity contribution in [3.05, 3.63) is 12.2 Å². The van der Waals surface area contributed by atoms with Crippen LogP contribution < -0.4 is 0 Å². The normalized spacial score (nSPS) is 11.5. The molecule has 120 valence electrons. The molecule has 20 heavy (non-hydrogen) atoms. The Morgan fingerprint density at radius 2 is 0.950 bits per heavy atom. The van der Waals surface area contributed by atoms with Crippen LogP contribution >= 0.6 is 23.5 Å². The third kappa shape index (κ3) is 18.4. The summed E-state index contributed by atoms with van der Waals surface area (Å²) in [6.07, 6.45) is 18.7. The Morgan fingerprint density at radius 3 is 1.35 bits per heavy atom. The molecular formula is C18H36S2. The van der Waals surface area contributed by atoms with Gasteiger partial charge in [0.1, 0.15) is 0 Å². The van der Waals surface area contributed by atoms with E-state index >= 15 is 0 Å². The van der Waals surface area contributed by atoms with Crippen molar-refractivity contribution in [2.45, 2.75) is 78.1 Å². The van der Waals surface area contributed by atoms with Gasteiger partial charge in [-0.3, -0.25) is 0 Å². The van der Waals surface area contributed by atoms with Gasteiger partial charge in [0.05, 0.1) is 0 Å². The molecule has 0 aromatic rings. The maximum atomic E-state index is 2.41. The van der Waals surface area contributed by atoms with Crippen molar-refractivity contribution in [3.63, 3.8) is 0 Å². The van der Waals surface area contributed by atoms with Crippen LogP contribution in [0.25, 0.3) is 0 Å². The first-order chi connectivity index (χ1) is 9.91. The summed E-state index contributed by atoms with van der Waals surface area (Å²) < 4.78 is 0. The molecule has 0 aliphatic carbocycles. The maximum absolute atomic E-state index is 2.41.